The van der Waals surface area contributed by atoms with E-state index in [1.807, 2.05) is 0 Å². The SMILES string of the molecule is NCc1n[nH]c(=S)n1C12CC3CC(CC(C3)C1)C2. The number of rotatable bonds is 2. The van der Waals surface area contributed by atoms with Crippen molar-refractivity contribution in [2.75, 3.05) is 0 Å². The van der Waals surface area contributed by atoms with E-state index in [1.165, 1.54) is 38.5 Å². The molecule has 18 heavy (non-hydrogen) atoms. The molecule has 0 aromatic carbocycles. The van der Waals surface area contributed by atoms with Crippen molar-refractivity contribution >= 4 is 12.2 Å². The van der Waals surface area contributed by atoms with Crippen molar-refractivity contribution in [3.8, 4) is 0 Å². The summed E-state index contributed by atoms with van der Waals surface area (Å²) in [6, 6.07) is 0. The zero-order valence-electron chi connectivity index (χ0n) is 10.6. The highest BCUT2D eigenvalue weighted by molar-refractivity contribution is 7.71. The first-order valence-electron chi connectivity index (χ1n) is 7.07. The quantitative estimate of drug-likeness (QED) is 0.806. The predicted octanol–water partition coefficient (Wildman–Crippen LogP) is 2.32. The number of nitrogens with zero attached hydrogens (tertiary/aromatic N) is 2. The second-order valence-corrected chi connectivity index (χ2v) is 7.01. The first-order chi connectivity index (χ1) is 8.70. The summed E-state index contributed by atoms with van der Waals surface area (Å²) in [6.07, 6.45) is 8.21. The molecule has 5 rings (SSSR count). The fourth-order valence-electron chi connectivity index (χ4n) is 5.29. The van der Waals surface area contributed by atoms with E-state index in [1.54, 1.807) is 0 Å². The van der Waals surface area contributed by atoms with Gasteiger partial charge in [0.2, 0.25) is 0 Å². The van der Waals surface area contributed by atoms with E-state index >= 15 is 0 Å². The Morgan fingerprint density at radius 1 is 1.22 bits per heavy atom. The number of nitrogens with one attached hydrogen (secondary N) is 1. The smallest absolute Gasteiger partial charge is 0.195 e. The van der Waals surface area contributed by atoms with Crippen LogP contribution in [0.4, 0.5) is 0 Å². The summed E-state index contributed by atoms with van der Waals surface area (Å²) in [5.74, 6) is 3.69. The van der Waals surface area contributed by atoms with Gasteiger partial charge in [0, 0.05) is 5.54 Å². The van der Waals surface area contributed by atoms with Gasteiger partial charge in [-0.25, -0.2) is 0 Å². The van der Waals surface area contributed by atoms with Gasteiger partial charge in [-0.3, -0.25) is 9.67 Å². The van der Waals surface area contributed by atoms with Crippen LogP contribution in [0.1, 0.15) is 44.3 Å². The highest BCUT2D eigenvalue weighted by Gasteiger charge is 2.52. The molecule has 0 radical (unpaired) electrons. The number of aromatic nitrogens is 3. The average molecular weight is 264 g/mol. The van der Waals surface area contributed by atoms with Crippen LogP contribution in [0.15, 0.2) is 0 Å². The zero-order valence-corrected chi connectivity index (χ0v) is 11.4. The third-order valence-electron chi connectivity index (χ3n) is 5.40. The molecule has 5 heteroatoms. The standard InChI is InChI=1S/C13H20N4S/c14-7-11-15-16-12(18)17(11)13-4-8-1-9(5-13)3-10(2-8)6-13/h8-10H,1-7,14H2,(H,16,18). The Kier molecular flexibility index (Phi) is 2.28. The van der Waals surface area contributed by atoms with Crippen molar-refractivity contribution in [1.82, 2.24) is 14.8 Å². The number of hydrogen-bond acceptors (Lipinski definition) is 3. The molecule has 1 aromatic heterocycles. The van der Waals surface area contributed by atoms with Crippen molar-refractivity contribution < 1.29 is 0 Å². The van der Waals surface area contributed by atoms with Crippen molar-refractivity contribution in [2.45, 2.75) is 50.6 Å². The van der Waals surface area contributed by atoms with Crippen molar-refractivity contribution in [1.29, 1.82) is 0 Å². The van der Waals surface area contributed by atoms with Crippen molar-refractivity contribution in [3.05, 3.63) is 10.6 Å². The van der Waals surface area contributed by atoms with Gasteiger partial charge in [0.25, 0.3) is 0 Å². The maximum Gasteiger partial charge on any atom is 0.195 e. The molecule has 3 N–H and O–H groups in total. The van der Waals surface area contributed by atoms with Gasteiger partial charge in [-0.2, -0.15) is 5.10 Å². The summed E-state index contributed by atoms with van der Waals surface area (Å²) in [4.78, 5) is 0. The molecular weight excluding hydrogens is 244 g/mol. The Balaban J connectivity index is 1.83. The summed E-state index contributed by atoms with van der Waals surface area (Å²) in [5, 5.41) is 7.26. The topological polar surface area (TPSA) is 59.6 Å². The van der Waals surface area contributed by atoms with Gasteiger partial charge in [-0.15, -0.1) is 0 Å². The molecule has 0 aliphatic heterocycles. The van der Waals surface area contributed by atoms with Gasteiger partial charge < -0.3 is 5.73 Å². The summed E-state index contributed by atoms with van der Waals surface area (Å²) >= 11 is 5.46. The lowest BCUT2D eigenvalue weighted by Crippen LogP contribution is -2.52. The molecule has 4 saturated carbocycles. The van der Waals surface area contributed by atoms with Gasteiger partial charge in [0.15, 0.2) is 4.77 Å². The Bertz CT molecular complexity index is 494. The predicted molar refractivity (Wildman–Crippen MR) is 71.4 cm³/mol. The molecule has 1 aromatic rings. The average Bonchev–Trinajstić information content (AvgIpc) is 2.69. The Morgan fingerprint density at radius 2 is 1.78 bits per heavy atom. The minimum absolute atomic E-state index is 0.244. The lowest BCUT2D eigenvalue weighted by molar-refractivity contribution is -0.0452. The fraction of sp³-hybridized carbons (Fsp3) is 0.846. The Morgan fingerprint density at radius 3 is 2.28 bits per heavy atom. The molecule has 0 amide bonds. The molecule has 0 unspecified atom stereocenters. The van der Waals surface area contributed by atoms with E-state index in [0.29, 0.717) is 6.54 Å². The van der Waals surface area contributed by atoms with Gasteiger partial charge in [-0.05, 0) is 68.5 Å². The second-order valence-electron chi connectivity index (χ2n) is 6.63. The van der Waals surface area contributed by atoms with E-state index in [0.717, 1.165) is 28.3 Å². The number of hydrogen-bond donors (Lipinski definition) is 2. The number of nitrogens with two attached hydrogens (primary N) is 1. The summed E-state index contributed by atoms with van der Waals surface area (Å²) in [7, 11) is 0. The van der Waals surface area contributed by atoms with Crippen LogP contribution in [0, 0.1) is 22.5 Å². The maximum atomic E-state index is 5.83. The Hall–Kier alpha value is -0.680. The lowest BCUT2D eigenvalue weighted by atomic mass is 9.53. The molecule has 4 aliphatic rings. The zero-order chi connectivity index (χ0) is 12.3. The van der Waals surface area contributed by atoms with E-state index in [2.05, 4.69) is 14.8 Å². The lowest BCUT2D eigenvalue weighted by Gasteiger charge is -2.57. The van der Waals surface area contributed by atoms with Crippen LogP contribution < -0.4 is 5.73 Å². The third kappa shape index (κ3) is 1.40. The molecule has 0 saturated heterocycles. The van der Waals surface area contributed by atoms with Crippen LogP contribution in [-0.4, -0.2) is 14.8 Å². The first-order valence-corrected chi connectivity index (χ1v) is 7.48. The largest absolute Gasteiger partial charge is 0.324 e. The summed E-state index contributed by atoms with van der Waals surface area (Å²) in [6.45, 7) is 0.481. The van der Waals surface area contributed by atoms with E-state index < -0.39 is 0 Å². The molecule has 0 spiro atoms. The normalized spacial score (nSPS) is 41.5. The molecule has 4 nitrogen and oxygen atoms in total. The number of H-pyrrole nitrogens is 1. The minimum Gasteiger partial charge on any atom is -0.324 e. The van der Waals surface area contributed by atoms with Gasteiger partial charge >= 0.3 is 0 Å². The van der Waals surface area contributed by atoms with Gasteiger partial charge in [0.05, 0.1) is 6.54 Å². The van der Waals surface area contributed by atoms with E-state index in [4.69, 9.17) is 18.0 Å². The molecule has 4 fully saturated rings. The first kappa shape index (κ1) is 11.2. The van der Waals surface area contributed by atoms with Crippen LogP contribution >= 0.6 is 12.2 Å². The van der Waals surface area contributed by atoms with Gasteiger partial charge in [0.1, 0.15) is 5.82 Å². The molecule has 4 aliphatic carbocycles. The van der Waals surface area contributed by atoms with Crippen LogP contribution in [0.3, 0.4) is 0 Å². The van der Waals surface area contributed by atoms with E-state index in [-0.39, 0.29) is 5.54 Å². The maximum absolute atomic E-state index is 5.83. The molecule has 98 valence electrons. The van der Waals surface area contributed by atoms with Crippen LogP contribution in [0.2, 0.25) is 0 Å². The van der Waals surface area contributed by atoms with Crippen LogP contribution in [-0.2, 0) is 12.1 Å². The van der Waals surface area contributed by atoms with Crippen LogP contribution in [0.25, 0.3) is 0 Å². The van der Waals surface area contributed by atoms with Crippen molar-refractivity contribution in [2.24, 2.45) is 23.5 Å². The fourth-order valence-corrected chi connectivity index (χ4v) is 5.64. The Labute approximate surface area is 112 Å². The van der Waals surface area contributed by atoms with Crippen LogP contribution in [0.5, 0.6) is 0 Å². The highest BCUT2D eigenvalue weighted by Crippen LogP contribution is 2.59. The molecule has 1 heterocycles. The van der Waals surface area contributed by atoms with E-state index in [9.17, 15) is 0 Å². The molecular formula is C13H20N4S. The molecule has 0 atom stereocenters. The second kappa shape index (κ2) is 3.67. The molecule has 4 bridgehead atoms. The third-order valence-corrected chi connectivity index (χ3v) is 5.68. The summed E-state index contributed by atoms with van der Waals surface area (Å²) in [5.41, 5.74) is 6.08. The van der Waals surface area contributed by atoms with Crippen molar-refractivity contribution in [3.63, 3.8) is 0 Å². The highest BCUT2D eigenvalue weighted by atomic mass is 32.1. The number of aromatic amines is 1. The van der Waals surface area contributed by atoms with Gasteiger partial charge in [-0.1, -0.05) is 0 Å². The summed E-state index contributed by atoms with van der Waals surface area (Å²) < 4.78 is 3.06. The monoisotopic (exact) mass is 264 g/mol. The minimum atomic E-state index is 0.244.